The maximum Gasteiger partial charge on any atom is 0.410 e. The molecule has 3 rings (SSSR count). The zero-order valence-corrected chi connectivity index (χ0v) is 46.3. The number of carboxylic acids is 1. The molecule has 0 spiro atoms. The number of anilines is 1. The minimum absolute atomic E-state index is 0.0795. The van der Waals surface area contributed by atoms with Crippen molar-refractivity contribution in [3.05, 3.63) is 40.3 Å². The number of benzene rings is 1. The number of hydrogen-bond acceptors (Lipinski definition) is 19. The molecule has 1 aromatic heterocycles. The number of carbonyl (C=O) groups is 8. The van der Waals surface area contributed by atoms with E-state index in [1.54, 1.807) is 38.9 Å². The number of carboxylic acid groups (broad SMARTS) is 1. The number of aromatic nitrogens is 1. The molecule has 2 heterocycles. The number of nitrogens with zero attached hydrogens (tertiary/aromatic N) is 4. The van der Waals surface area contributed by atoms with Gasteiger partial charge >= 0.3 is 12.1 Å². The molecule has 432 valence electrons. The van der Waals surface area contributed by atoms with Gasteiger partial charge in [-0.25, -0.2) is 20.4 Å². The van der Waals surface area contributed by atoms with Crippen molar-refractivity contribution in [3.8, 4) is 5.75 Å². The predicted octanol–water partition coefficient (Wildman–Crippen LogP) is 0.706. The number of likely N-dealkylation sites (tertiary alicyclic amines) is 1. The Kier molecular flexibility index (Phi) is 27.1. The van der Waals surface area contributed by atoms with Gasteiger partial charge in [0.15, 0.2) is 6.10 Å². The zero-order chi connectivity index (χ0) is 57.7. The Labute approximate surface area is 452 Å². The van der Waals surface area contributed by atoms with Gasteiger partial charge < -0.3 is 69.9 Å². The van der Waals surface area contributed by atoms with Crippen LogP contribution >= 0.6 is 11.3 Å². The summed E-state index contributed by atoms with van der Waals surface area (Å²) in [5.41, 5.74) is 2.06. The standard InChI is InChI=1S/C50H79N9O17S/c1-11-28(4)43(36(72-9)22-40(65)59-19-12-13-33(59)44(73-10)29(5)46(67)53-23-39-52-18-20-77-39)57(7)41(66)24-54-47(68)42(27(2)3)58(8)50(71)74-26-31-14-15-35(32(21-31)55-37(63)16-17-38(64)56-51)75-49(30(6)61)76-45(48(69)70)34(62)25-60/h14-15,18,20-21,27-30,33-34,36,42-45,49,60-62H,11-13,16-17,19,22-26,51H2,1-10H3,(H,53,67)(H,54,68)(H,55,63)(H,56,64)(H,69,70)/t28?,29-,30+,33+,34+,36-,42+,43+,44-,45?,49-/m1/s1. The van der Waals surface area contributed by atoms with Crippen molar-refractivity contribution in [2.24, 2.45) is 23.6 Å². The first-order chi connectivity index (χ1) is 36.4. The normalized spacial score (nSPS) is 17.3. The Morgan fingerprint density at radius 2 is 1.64 bits per heavy atom. The summed E-state index contributed by atoms with van der Waals surface area (Å²) in [6.07, 6.45) is -6.66. The second-order valence-electron chi connectivity index (χ2n) is 19.2. The van der Waals surface area contributed by atoms with Gasteiger partial charge in [0.2, 0.25) is 41.7 Å². The molecule has 2 unspecified atom stereocenters. The van der Waals surface area contributed by atoms with E-state index in [0.29, 0.717) is 25.8 Å². The Hall–Kier alpha value is -6.07. The second kappa shape index (κ2) is 32.0. The quantitative estimate of drug-likeness (QED) is 0.0211. The molecular weight excluding hydrogens is 1030 g/mol. The number of rotatable bonds is 32. The van der Waals surface area contributed by atoms with E-state index in [1.807, 2.05) is 24.7 Å². The Bertz CT molecular complexity index is 2260. The predicted molar refractivity (Wildman–Crippen MR) is 278 cm³/mol. The molecule has 0 bridgehead atoms. The van der Waals surface area contributed by atoms with Crippen LogP contribution in [0.1, 0.15) is 90.6 Å². The van der Waals surface area contributed by atoms with Crippen molar-refractivity contribution in [1.29, 1.82) is 0 Å². The van der Waals surface area contributed by atoms with Crippen molar-refractivity contribution >= 4 is 64.5 Å². The summed E-state index contributed by atoms with van der Waals surface area (Å²) in [7, 11) is 5.91. The fraction of sp³-hybridized carbons (Fsp3) is 0.660. The molecule has 0 saturated carbocycles. The van der Waals surface area contributed by atoms with E-state index in [9.17, 15) is 58.8 Å². The lowest BCUT2D eigenvalue weighted by atomic mass is 9.90. The van der Waals surface area contributed by atoms with Crippen LogP contribution in [0.2, 0.25) is 0 Å². The van der Waals surface area contributed by atoms with Gasteiger partial charge in [0, 0.05) is 59.3 Å². The molecule has 11 atom stereocenters. The highest BCUT2D eigenvalue weighted by Gasteiger charge is 2.42. The highest BCUT2D eigenvalue weighted by molar-refractivity contribution is 7.09. The third-order valence-corrected chi connectivity index (χ3v) is 14.1. The van der Waals surface area contributed by atoms with Crippen LogP contribution in [0.3, 0.4) is 0 Å². The fourth-order valence-electron chi connectivity index (χ4n) is 8.97. The number of aliphatic carboxylic acids is 1. The van der Waals surface area contributed by atoms with Gasteiger partial charge in [0.1, 0.15) is 35.6 Å². The number of nitrogens with two attached hydrogens (primary N) is 1. The Morgan fingerprint density at radius 1 is 0.948 bits per heavy atom. The fourth-order valence-corrected chi connectivity index (χ4v) is 9.52. The van der Waals surface area contributed by atoms with Gasteiger partial charge in [0.05, 0.1) is 62.0 Å². The van der Waals surface area contributed by atoms with E-state index < -0.39 is 116 Å². The van der Waals surface area contributed by atoms with E-state index in [1.165, 1.54) is 62.6 Å². The maximum atomic E-state index is 14.2. The van der Waals surface area contributed by atoms with Crippen LogP contribution in [0.25, 0.3) is 0 Å². The van der Waals surface area contributed by atoms with Gasteiger partial charge in [-0.1, -0.05) is 47.1 Å². The molecule has 7 amide bonds. The number of carbonyl (C=O) groups excluding carboxylic acids is 7. The number of nitrogens with one attached hydrogen (secondary N) is 4. The molecule has 1 aromatic carbocycles. The number of hydrazine groups is 1. The second-order valence-corrected chi connectivity index (χ2v) is 20.2. The van der Waals surface area contributed by atoms with E-state index in [4.69, 9.17) is 29.5 Å². The van der Waals surface area contributed by atoms with Gasteiger partial charge in [-0.3, -0.25) is 39.1 Å². The maximum absolute atomic E-state index is 14.2. The average Bonchev–Trinajstić information content (AvgIpc) is 4.12. The third kappa shape index (κ3) is 19.1. The summed E-state index contributed by atoms with van der Waals surface area (Å²) >= 11 is 1.43. The number of methoxy groups -OCH3 is 2. The smallest absolute Gasteiger partial charge is 0.410 e. The molecule has 27 heteroatoms. The molecule has 0 radical (unpaired) electrons. The lowest BCUT2D eigenvalue weighted by Gasteiger charge is -2.39. The Morgan fingerprint density at radius 3 is 2.21 bits per heavy atom. The molecule has 0 aliphatic carbocycles. The van der Waals surface area contributed by atoms with E-state index in [2.05, 4.69) is 20.9 Å². The average molecular weight is 1110 g/mol. The SMILES string of the molecule is CCC(C)[C@@H]([C@@H](CC(=O)N1CCC[C@H]1[C@H](OC)[C@@H](C)C(=O)NCc1nccs1)OC)N(C)C(=O)CNC(=O)[C@H](C(C)C)N(C)C(=O)OCc1ccc(O[C@H](OC(C(=O)O)[C@@H](O)CO)[C@H](C)O)c(NC(=O)CCC(=O)NN)c1. The molecule has 10 N–H and O–H groups in total. The van der Waals surface area contributed by atoms with Crippen LogP contribution in [0.4, 0.5) is 10.5 Å². The molecular formula is C50H79N9O17S. The first kappa shape index (κ1) is 65.2. The Balaban J connectivity index is 1.73. The number of aliphatic hydroxyl groups is 3. The van der Waals surface area contributed by atoms with Crippen LogP contribution in [0, 0.1) is 17.8 Å². The molecule has 77 heavy (non-hydrogen) atoms. The highest BCUT2D eigenvalue weighted by Crippen LogP contribution is 2.31. The number of aliphatic hydroxyl groups excluding tert-OH is 3. The van der Waals surface area contributed by atoms with E-state index >= 15 is 0 Å². The van der Waals surface area contributed by atoms with Gasteiger partial charge in [-0.15, -0.1) is 11.3 Å². The summed E-state index contributed by atoms with van der Waals surface area (Å²) in [4.78, 5) is 114. The largest absolute Gasteiger partial charge is 0.479 e. The topological polar surface area (TPSA) is 360 Å². The van der Waals surface area contributed by atoms with Crippen LogP contribution in [0.5, 0.6) is 5.75 Å². The number of thiazole rings is 1. The van der Waals surface area contributed by atoms with Crippen molar-refractivity contribution in [3.63, 3.8) is 0 Å². The van der Waals surface area contributed by atoms with Crippen LogP contribution in [-0.4, -0.2) is 191 Å². The molecule has 1 aliphatic heterocycles. The number of hydrogen-bond donors (Lipinski definition) is 9. The van der Waals surface area contributed by atoms with Crippen molar-refractivity contribution < 1.29 is 82.5 Å². The molecule has 1 saturated heterocycles. The van der Waals surface area contributed by atoms with E-state index in [-0.39, 0.29) is 66.6 Å². The van der Waals surface area contributed by atoms with E-state index in [0.717, 1.165) is 9.91 Å². The number of likely N-dealkylation sites (N-methyl/N-ethyl adjacent to an activating group) is 2. The summed E-state index contributed by atoms with van der Waals surface area (Å²) in [5.74, 6) is -0.934. The van der Waals surface area contributed by atoms with Crippen LogP contribution < -0.4 is 32.0 Å². The third-order valence-electron chi connectivity index (χ3n) is 13.3. The first-order valence-corrected chi connectivity index (χ1v) is 26.2. The monoisotopic (exact) mass is 1110 g/mol. The molecule has 26 nitrogen and oxygen atoms in total. The molecule has 2 aromatic rings. The summed E-state index contributed by atoms with van der Waals surface area (Å²) < 4.78 is 28.4. The summed E-state index contributed by atoms with van der Waals surface area (Å²) in [5, 5.41) is 50.0. The minimum Gasteiger partial charge on any atom is -0.479 e. The number of ether oxygens (including phenoxy) is 5. The minimum atomic E-state index is -2.04. The highest BCUT2D eigenvalue weighted by atomic mass is 32.1. The zero-order valence-electron chi connectivity index (χ0n) is 45.5. The van der Waals surface area contributed by atoms with Crippen LogP contribution in [-0.2, 0) is 65.7 Å². The van der Waals surface area contributed by atoms with Crippen molar-refractivity contribution in [1.82, 2.24) is 35.7 Å². The molecule has 1 aliphatic rings. The van der Waals surface area contributed by atoms with Crippen molar-refractivity contribution in [2.45, 2.75) is 148 Å². The number of amides is 7. The van der Waals surface area contributed by atoms with Gasteiger partial charge in [-0.2, -0.15) is 0 Å². The van der Waals surface area contributed by atoms with Gasteiger partial charge in [0.25, 0.3) is 0 Å². The summed E-state index contributed by atoms with van der Waals surface area (Å²) in [6.45, 7) is 9.06. The lowest BCUT2D eigenvalue weighted by molar-refractivity contribution is -0.206. The molecule has 1 fully saturated rings. The lowest BCUT2D eigenvalue weighted by Crippen LogP contribution is -2.55. The first-order valence-electron chi connectivity index (χ1n) is 25.3. The van der Waals surface area contributed by atoms with Gasteiger partial charge in [-0.05, 0) is 49.3 Å². The van der Waals surface area contributed by atoms with Crippen molar-refractivity contribution in [2.75, 3.05) is 53.3 Å². The summed E-state index contributed by atoms with van der Waals surface area (Å²) in [6, 6.07) is 1.87. The van der Waals surface area contributed by atoms with Crippen LogP contribution in [0.15, 0.2) is 29.8 Å².